The first-order valence-electron chi connectivity index (χ1n) is 8.20. The van der Waals surface area contributed by atoms with Crippen LogP contribution in [0.2, 0.25) is 0 Å². The van der Waals surface area contributed by atoms with Crippen LogP contribution in [-0.4, -0.2) is 28.7 Å². The highest BCUT2D eigenvalue weighted by Gasteiger charge is 2.36. The van der Waals surface area contributed by atoms with Crippen molar-refractivity contribution in [1.29, 1.82) is 0 Å². The van der Waals surface area contributed by atoms with Gasteiger partial charge in [0, 0.05) is 11.8 Å². The number of hydrogen-bond acceptors (Lipinski definition) is 4. The summed E-state index contributed by atoms with van der Waals surface area (Å²) in [7, 11) is 1.55. The summed E-state index contributed by atoms with van der Waals surface area (Å²) >= 11 is 0. The van der Waals surface area contributed by atoms with Crippen molar-refractivity contribution in [2.24, 2.45) is 0 Å². The molecule has 1 aromatic heterocycles. The highest BCUT2D eigenvalue weighted by atomic mass is 16.5. The number of nitrogens with zero attached hydrogens (tertiary/aromatic N) is 3. The Morgan fingerprint density at radius 1 is 0.923 bits per heavy atom. The molecule has 0 bridgehead atoms. The molecule has 0 saturated carbocycles. The van der Waals surface area contributed by atoms with Crippen LogP contribution in [0.25, 0.3) is 5.69 Å². The van der Waals surface area contributed by atoms with Gasteiger partial charge in [-0.1, -0.05) is 12.1 Å². The Hall–Kier alpha value is -3.41. The van der Waals surface area contributed by atoms with Gasteiger partial charge >= 0.3 is 0 Å². The summed E-state index contributed by atoms with van der Waals surface area (Å²) in [5.41, 5.74) is 3.92. The van der Waals surface area contributed by atoms with Crippen LogP contribution >= 0.6 is 0 Å². The third-order valence-electron chi connectivity index (χ3n) is 4.45. The Kier molecular flexibility index (Phi) is 3.61. The molecule has 1 aliphatic heterocycles. The van der Waals surface area contributed by atoms with Crippen molar-refractivity contribution in [3.8, 4) is 11.4 Å². The third-order valence-corrected chi connectivity index (χ3v) is 4.45. The SMILES string of the molecule is COc1cc(N2C(=O)c3ccccc3C2=O)ccc1-n1nc(C)cc1C. The highest BCUT2D eigenvalue weighted by molar-refractivity contribution is 6.34. The monoisotopic (exact) mass is 347 g/mol. The van der Waals surface area contributed by atoms with E-state index < -0.39 is 0 Å². The molecule has 0 spiro atoms. The van der Waals surface area contributed by atoms with Gasteiger partial charge in [-0.25, -0.2) is 9.58 Å². The van der Waals surface area contributed by atoms with Gasteiger partial charge in [0.25, 0.3) is 11.8 Å². The summed E-state index contributed by atoms with van der Waals surface area (Å²) in [4.78, 5) is 26.5. The minimum Gasteiger partial charge on any atom is -0.494 e. The van der Waals surface area contributed by atoms with E-state index in [1.807, 2.05) is 19.9 Å². The van der Waals surface area contributed by atoms with Gasteiger partial charge in [-0.3, -0.25) is 9.59 Å². The molecule has 1 aliphatic rings. The van der Waals surface area contributed by atoms with Gasteiger partial charge in [-0.2, -0.15) is 5.10 Å². The number of aromatic nitrogens is 2. The first kappa shape index (κ1) is 16.1. The smallest absolute Gasteiger partial charge is 0.266 e. The lowest BCUT2D eigenvalue weighted by Crippen LogP contribution is -2.29. The summed E-state index contributed by atoms with van der Waals surface area (Å²) in [5.74, 6) is -0.122. The first-order valence-corrected chi connectivity index (χ1v) is 8.20. The van der Waals surface area contributed by atoms with Crippen LogP contribution in [0.1, 0.15) is 32.1 Å². The molecule has 26 heavy (non-hydrogen) atoms. The Morgan fingerprint density at radius 2 is 1.58 bits per heavy atom. The molecule has 0 atom stereocenters. The number of methoxy groups -OCH3 is 1. The molecule has 6 nitrogen and oxygen atoms in total. The van der Waals surface area contributed by atoms with Crippen LogP contribution in [0.3, 0.4) is 0 Å². The summed E-state index contributed by atoms with van der Waals surface area (Å²) < 4.78 is 7.28. The number of amides is 2. The van der Waals surface area contributed by atoms with E-state index in [2.05, 4.69) is 5.10 Å². The number of hydrogen-bond donors (Lipinski definition) is 0. The van der Waals surface area contributed by atoms with Crippen LogP contribution in [0.15, 0.2) is 48.5 Å². The molecule has 2 heterocycles. The van der Waals surface area contributed by atoms with Gasteiger partial charge in [0.2, 0.25) is 0 Å². The predicted octanol–water partition coefficient (Wildman–Crippen LogP) is 3.30. The van der Waals surface area contributed by atoms with E-state index in [0.29, 0.717) is 22.6 Å². The maximum Gasteiger partial charge on any atom is 0.266 e. The summed E-state index contributed by atoms with van der Waals surface area (Å²) in [6.07, 6.45) is 0. The third kappa shape index (κ3) is 2.30. The zero-order valence-corrected chi connectivity index (χ0v) is 14.7. The van der Waals surface area contributed by atoms with E-state index in [1.165, 1.54) is 4.90 Å². The molecule has 130 valence electrons. The van der Waals surface area contributed by atoms with Crippen LogP contribution in [0.5, 0.6) is 5.75 Å². The maximum atomic E-state index is 12.7. The zero-order chi connectivity index (χ0) is 18.4. The van der Waals surface area contributed by atoms with Crippen molar-refractivity contribution in [3.63, 3.8) is 0 Å². The van der Waals surface area contributed by atoms with Crippen LogP contribution in [0.4, 0.5) is 5.69 Å². The lowest BCUT2D eigenvalue weighted by Gasteiger charge is -2.17. The quantitative estimate of drug-likeness (QED) is 0.682. The normalized spacial score (nSPS) is 13.3. The van der Waals surface area contributed by atoms with Gasteiger partial charge in [0.15, 0.2) is 0 Å². The Labute approximate surface area is 150 Å². The van der Waals surface area contributed by atoms with Gasteiger partial charge in [-0.15, -0.1) is 0 Å². The van der Waals surface area contributed by atoms with E-state index in [-0.39, 0.29) is 11.8 Å². The van der Waals surface area contributed by atoms with Crippen LogP contribution < -0.4 is 9.64 Å². The number of fused-ring (bicyclic) bond motifs is 1. The van der Waals surface area contributed by atoms with Crippen molar-refractivity contribution in [2.75, 3.05) is 12.0 Å². The lowest BCUT2D eigenvalue weighted by atomic mass is 10.1. The fourth-order valence-electron chi connectivity index (χ4n) is 3.28. The van der Waals surface area contributed by atoms with Crippen molar-refractivity contribution in [3.05, 3.63) is 71.0 Å². The fraction of sp³-hybridized carbons (Fsp3) is 0.150. The van der Waals surface area contributed by atoms with Gasteiger partial charge in [0.05, 0.1) is 29.6 Å². The van der Waals surface area contributed by atoms with Gasteiger partial charge in [0.1, 0.15) is 11.4 Å². The molecule has 2 aromatic carbocycles. The molecule has 0 fully saturated rings. The number of benzene rings is 2. The topological polar surface area (TPSA) is 64.4 Å². The number of ether oxygens (including phenoxy) is 1. The van der Waals surface area contributed by atoms with E-state index >= 15 is 0 Å². The maximum absolute atomic E-state index is 12.7. The summed E-state index contributed by atoms with van der Waals surface area (Å²) in [6, 6.07) is 14.0. The van der Waals surface area contributed by atoms with Crippen molar-refractivity contribution >= 4 is 17.5 Å². The standard InChI is InChI=1S/C20H17N3O3/c1-12-10-13(2)23(21-12)17-9-8-14(11-18(17)26-3)22-19(24)15-6-4-5-7-16(15)20(22)25/h4-11H,1-3H3. The van der Waals surface area contributed by atoms with Crippen LogP contribution in [0, 0.1) is 13.8 Å². The number of rotatable bonds is 3. The second kappa shape index (κ2) is 5.84. The number of carbonyl (C=O) groups excluding carboxylic acids is 2. The molecule has 0 unspecified atom stereocenters. The largest absolute Gasteiger partial charge is 0.494 e. The molecular formula is C20H17N3O3. The van der Waals surface area contributed by atoms with E-state index in [0.717, 1.165) is 17.1 Å². The molecule has 0 saturated heterocycles. The number of imide groups is 1. The number of carbonyl (C=O) groups is 2. The lowest BCUT2D eigenvalue weighted by molar-refractivity contribution is 0.0926. The van der Waals surface area contributed by atoms with Gasteiger partial charge in [-0.05, 0) is 44.2 Å². The van der Waals surface area contributed by atoms with E-state index in [9.17, 15) is 9.59 Å². The molecule has 0 radical (unpaired) electrons. The second-order valence-electron chi connectivity index (χ2n) is 6.19. The Bertz CT molecular complexity index is 1020. The van der Waals surface area contributed by atoms with Gasteiger partial charge < -0.3 is 4.74 Å². The minimum absolute atomic E-state index is 0.327. The molecule has 4 rings (SSSR count). The molecule has 6 heteroatoms. The summed E-state index contributed by atoms with van der Waals surface area (Å²) in [6.45, 7) is 3.88. The zero-order valence-electron chi connectivity index (χ0n) is 14.7. The van der Waals surface area contributed by atoms with Crippen molar-refractivity contribution < 1.29 is 14.3 Å². The van der Waals surface area contributed by atoms with Crippen LogP contribution in [-0.2, 0) is 0 Å². The minimum atomic E-state index is -0.327. The van der Waals surface area contributed by atoms with E-state index in [4.69, 9.17) is 4.74 Å². The number of aryl methyl sites for hydroxylation is 2. The number of anilines is 1. The Morgan fingerprint density at radius 3 is 2.12 bits per heavy atom. The molecule has 3 aromatic rings. The molecule has 2 amide bonds. The molecular weight excluding hydrogens is 330 g/mol. The second-order valence-corrected chi connectivity index (χ2v) is 6.19. The average molecular weight is 347 g/mol. The summed E-state index contributed by atoms with van der Waals surface area (Å²) in [5, 5.41) is 4.47. The molecule has 0 aliphatic carbocycles. The van der Waals surface area contributed by atoms with Crippen molar-refractivity contribution in [1.82, 2.24) is 9.78 Å². The predicted molar refractivity (Wildman–Crippen MR) is 97.2 cm³/mol. The highest BCUT2D eigenvalue weighted by Crippen LogP contribution is 2.33. The Balaban J connectivity index is 1.79. The van der Waals surface area contributed by atoms with Crippen molar-refractivity contribution in [2.45, 2.75) is 13.8 Å². The average Bonchev–Trinajstić information content (AvgIpc) is 3.11. The fourth-order valence-corrected chi connectivity index (χ4v) is 3.28. The first-order chi connectivity index (χ1) is 12.5. The molecule has 0 N–H and O–H groups in total. The van der Waals surface area contributed by atoms with E-state index in [1.54, 1.807) is 54.3 Å².